The normalized spacial score (nSPS) is 17.4. The molecule has 2 amide bonds. The zero-order chi connectivity index (χ0) is 26.0. The number of nitrogens with zero attached hydrogens (tertiary/aromatic N) is 3. The average Bonchev–Trinajstić information content (AvgIpc) is 3.12. The second kappa shape index (κ2) is 10.2. The maximum absolute atomic E-state index is 13.3. The number of amides is 2. The van der Waals surface area contributed by atoms with Crippen molar-refractivity contribution in [3.05, 3.63) is 30.0 Å². The largest absolute Gasteiger partial charge is 0.389 e. The molecule has 1 atom stereocenters. The zero-order valence-electron chi connectivity index (χ0n) is 20.1. The highest BCUT2D eigenvalue weighted by Crippen LogP contribution is 2.25. The number of unbranched alkanes of at least 4 members (excludes halogenated alkanes) is 1. The van der Waals surface area contributed by atoms with Gasteiger partial charge in [-0.1, -0.05) is 39.0 Å². The van der Waals surface area contributed by atoms with Crippen molar-refractivity contribution in [1.29, 1.82) is 0 Å². The Morgan fingerprint density at radius 2 is 1.71 bits per heavy atom. The molecule has 1 N–H and O–H groups in total. The van der Waals surface area contributed by atoms with E-state index in [4.69, 9.17) is 0 Å². The predicted octanol–water partition coefficient (Wildman–Crippen LogP) is 3.17. The molecule has 1 aromatic heterocycles. The monoisotopic (exact) mass is 516 g/mol. The fraction of sp³-hybridized carbons (Fsp3) is 0.609. The Morgan fingerprint density at radius 3 is 2.31 bits per heavy atom. The number of hydrogen-bond acceptors (Lipinski definition) is 5. The smallest absolute Gasteiger partial charge is 0.339 e. The molecule has 0 spiro atoms. The van der Waals surface area contributed by atoms with E-state index in [1.54, 1.807) is 45.0 Å². The van der Waals surface area contributed by atoms with Gasteiger partial charge in [-0.05, 0) is 24.3 Å². The van der Waals surface area contributed by atoms with Crippen LogP contribution in [0.1, 0.15) is 50.5 Å². The van der Waals surface area contributed by atoms with Crippen molar-refractivity contribution in [2.45, 2.75) is 58.8 Å². The number of sulfone groups is 1. The summed E-state index contributed by atoms with van der Waals surface area (Å²) in [6.45, 7) is 5.75. The Kier molecular flexibility index (Phi) is 7.83. The van der Waals surface area contributed by atoms with Crippen molar-refractivity contribution in [3.8, 4) is 0 Å². The third kappa shape index (κ3) is 6.96. The van der Waals surface area contributed by atoms with Crippen LogP contribution in [0.3, 0.4) is 0 Å². The Balaban J connectivity index is 1.79. The quantitative estimate of drug-likeness (QED) is 0.570. The first-order chi connectivity index (χ1) is 16.2. The Bertz CT molecular complexity index is 1170. The molecule has 2 heterocycles. The molecule has 0 radical (unpaired) electrons. The molecule has 1 fully saturated rings. The lowest BCUT2D eigenvalue weighted by atomic mass is 9.85. The Morgan fingerprint density at radius 1 is 1.09 bits per heavy atom. The van der Waals surface area contributed by atoms with Gasteiger partial charge in [0.05, 0.1) is 17.0 Å². The Labute approximate surface area is 202 Å². The number of fused-ring (bicyclic) bond motifs is 1. The molecule has 0 unspecified atom stereocenters. The summed E-state index contributed by atoms with van der Waals surface area (Å²) in [4.78, 5) is 28.0. The predicted molar refractivity (Wildman–Crippen MR) is 126 cm³/mol. The molecule has 8 nitrogen and oxygen atoms in total. The second-order valence-electron chi connectivity index (χ2n) is 9.91. The van der Waals surface area contributed by atoms with Crippen molar-refractivity contribution in [2.75, 3.05) is 24.6 Å². The molecule has 0 aliphatic carbocycles. The van der Waals surface area contributed by atoms with Gasteiger partial charge < -0.3 is 10.2 Å². The van der Waals surface area contributed by atoms with E-state index < -0.39 is 39.8 Å². The van der Waals surface area contributed by atoms with Gasteiger partial charge in [0.25, 0.3) is 5.91 Å². The molecule has 3 rings (SSSR count). The number of rotatable bonds is 7. The van der Waals surface area contributed by atoms with E-state index in [1.165, 1.54) is 9.58 Å². The summed E-state index contributed by atoms with van der Waals surface area (Å²) in [6, 6.07) is 6.00. The maximum atomic E-state index is 13.3. The molecule has 1 aromatic carbocycles. The number of benzene rings is 1. The second-order valence-corrected chi connectivity index (χ2v) is 12.2. The minimum Gasteiger partial charge on any atom is -0.339 e. The van der Waals surface area contributed by atoms with E-state index in [0.717, 1.165) is 0 Å². The molecule has 0 bridgehead atoms. The number of carbonyl (C=O) groups excluding carboxylic acids is 2. The summed E-state index contributed by atoms with van der Waals surface area (Å²) in [7, 11) is -3.17. The van der Waals surface area contributed by atoms with Gasteiger partial charge in [0.1, 0.15) is 6.04 Å². The van der Waals surface area contributed by atoms with Crippen LogP contribution in [0.4, 0.5) is 13.2 Å². The number of alkyl halides is 3. The maximum Gasteiger partial charge on any atom is 0.389 e. The minimum atomic E-state index is -4.22. The van der Waals surface area contributed by atoms with Crippen LogP contribution >= 0.6 is 0 Å². The molecule has 0 saturated carbocycles. The lowest BCUT2D eigenvalue weighted by molar-refractivity contribution is -0.136. The number of hydrogen-bond donors (Lipinski definition) is 1. The van der Waals surface area contributed by atoms with Crippen molar-refractivity contribution < 1.29 is 31.2 Å². The van der Waals surface area contributed by atoms with Crippen LogP contribution in [0, 0.1) is 5.41 Å². The van der Waals surface area contributed by atoms with E-state index in [-0.39, 0.29) is 55.6 Å². The summed E-state index contributed by atoms with van der Waals surface area (Å²) < 4.78 is 62.4. The van der Waals surface area contributed by atoms with E-state index in [2.05, 4.69) is 10.4 Å². The van der Waals surface area contributed by atoms with Crippen molar-refractivity contribution in [1.82, 2.24) is 20.0 Å². The van der Waals surface area contributed by atoms with Gasteiger partial charge in [-0.25, -0.2) is 8.42 Å². The number of nitrogens with one attached hydrogen (secondary N) is 1. The van der Waals surface area contributed by atoms with Gasteiger partial charge in [0.2, 0.25) is 5.91 Å². The van der Waals surface area contributed by atoms with Crippen LogP contribution in [0.5, 0.6) is 0 Å². The molecule has 35 heavy (non-hydrogen) atoms. The highest BCUT2D eigenvalue weighted by molar-refractivity contribution is 7.91. The number of halogens is 3. The van der Waals surface area contributed by atoms with Crippen molar-refractivity contribution >= 4 is 32.6 Å². The van der Waals surface area contributed by atoms with Crippen LogP contribution in [0.15, 0.2) is 24.3 Å². The van der Waals surface area contributed by atoms with Crippen LogP contribution in [0.2, 0.25) is 0 Å². The Hall–Kier alpha value is -2.63. The molecule has 12 heteroatoms. The van der Waals surface area contributed by atoms with Crippen molar-refractivity contribution in [3.63, 3.8) is 0 Å². The van der Waals surface area contributed by atoms with Crippen LogP contribution in [-0.4, -0.2) is 71.7 Å². The highest BCUT2D eigenvalue weighted by Gasteiger charge is 2.38. The van der Waals surface area contributed by atoms with E-state index in [0.29, 0.717) is 10.9 Å². The first-order valence-corrected chi connectivity index (χ1v) is 13.3. The average molecular weight is 517 g/mol. The number of para-hydroxylation sites is 1. The van der Waals surface area contributed by atoms with Gasteiger partial charge in [0, 0.05) is 31.4 Å². The third-order valence-electron chi connectivity index (χ3n) is 6.00. The molecule has 2 aromatic rings. The van der Waals surface area contributed by atoms with E-state index in [9.17, 15) is 31.2 Å². The van der Waals surface area contributed by atoms with Crippen molar-refractivity contribution in [2.24, 2.45) is 5.41 Å². The van der Waals surface area contributed by atoms with Crippen LogP contribution in [0.25, 0.3) is 10.9 Å². The lowest BCUT2D eigenvalue weighted by Gasteiger charge is -2.36. The van der Waals surface area contributed by atoms with E-state index >= 15 is 0 Å². The lowest BCUT2D eigenvalue weighted by Crippen LogP contribution is -2.57. The summed E-state index contributed by atoms with van der Waals surface area (Å²) in [5.74, 6) is -1.18. The molecule has 1 aliphatic heterocycles. The first-order valence-electron chi connectivity index (χ1n) is 11.5. The fourth-order valence-electron chi connectivity index (χ4n) is 4.02. The number of aromatic nitrogens is 2. The van der Waals surface area contributed by atoms with Gasteiger partial charge in [-0.15, -0.1) is 0 Å². The molecular weight excluding hydrogens is 485 g/mol. The fourth-order valence-corrected chi connectivity index (χ4v) is 5.22. The van der Waals surface area contributed by atoms with Crippen LogP contribution < -0.4 is 5.32 Å². The van der Waals surface area contributed by atoms with Gasteiger partial charge in [-0.2, -0.15) is 18.3 Å². The first kappa shape index (κ1) is 27.0. The van der Waals surface area contributed by atoms with Gasteiger partial charge in [0.15, 0.2) is 15.5 Å². The SMILES string of the molecule is CC(C)(C)[C@H](NC(=O)c1nn(CCCCC(F)(F)F)c2ccccc12)C(=O)N1CCS(=O)(=O)CC1. The highest BCUT2D eigenvalue weighted by atomic mass is 32.2. The summed E-state index contributed by atoms with van der Waals surface area (Å²) in [5.41, 5.74) is 0.0307. The van der Waals surface area contributed by atoms with E-state index in [1.807, 2.05) is 0 Å². The topological polar surface area (TPSA) is 101 Å². The standard InChI is InChI=1S/C23H31F3N4O4S/c1-22(2,3)19(21(32)29-12-14-35(33,34)15-13-29)27-20(31)18-16-8-4-5-9-17(16)30(28-18)11-7-6-10-23(24,25)26/h4-5,8-9,19H,6-7,10-15H2,1-3H3,(H,27,31)/t19-/m1/s1. The van der Waals surface area contributed by atoms with Gasteiger partial charge in [-0.3, -0.25) is 14.3 Å². The van der Waals surface area contributed by atoms with Crippen LogP contribution in [-0.2, 0) is 21.2 Å². The minimum absolute atomic E-state index is 0.0502. The third-order valence-corrected chi connectivity index (χ3v) is 7.61. The molecule has 1 saturated heterocycles. The summed E-state index contributed by atoms with van der Waals surface area (Å²) in [5, 5.41) is 7.68. The molecule has 1 aliphatic rings. The van der Waals surface area contributed by atoms with Gasteiger partial charge >= 0.3 is 6.18 Å². The number of carbonyl (C=O) groups is 2. The number of aryl methyl sites for hydroxylation is 1. The molecular formula is C23H31F3N4O4S. The zero-order valence-corrected chi connectivity index (χ0v) is 20.9. The summed E-state index contributed by atoms with van der Waals surface area (Å²) >= 11 is 0. The molecule has 194 valence electrons. The summed E-state index contributed by atoms with van der Waals surface area (Å²) in [6.07, 6.45) is -4.91.